The monoisotopic (exact) mass is 420 g/mol. The van der Waals surface area contributed by atoms with Gasteiger partial charge in [0.05, 0.1) is 5.69 Å². The molecule has 0 aliphatic heterocycles. The molecule has 0 fully saturated rings. The molecule has 1 amide bonds. The van der Waals surface area contributed by atoms with Crippen molar-refractivity contribution in [1.29, 1.82) is 0 Å². The Hall–Kier alpha value is -3.51. The molecule has 1 aromatic heterocycles. The smallest absolute Gasteiger partial charge is 0.295 e. The van der Waals surface area contributed by atoms with Gasteiger partial charge in [-0.1, -0.05) is 29.8 Å². The van der Waals surface area contributed by atoms with Gasteiger partial charge >= 0.3 is 0 Å². The first-order valence-corrected chi connectivity index (χ1v) is 9.66. The molecular formula is C23H18ClFN4O. The van der Waals surface area contributed by atoms with Gasteiger partial charge in [-0.2, -0.15) is 0 Å². The Kier molecular flexibility index (Phi) is 5.33. The molecule has 0 saturated carbocycles. The number of hydrogen-bond acceptors (Lipinski definition) is 3. The van der Waals surface area contributed by atoms with Crippen LogP contribution in [0.2, 0.25) is 5.02 Å². The first kappa shape index (κ1) is 19.8. The molecule has 3 aromatic carbocycles. The number of para-hydroxylation sites is 1. The van der Waals surface area contributed by atoms with Gasteiger partial charge in [-0.05, 0) is 73.5 Å². The summed E-state index contributed by atoms with van der Waals surface area (Å²) < 4.78 is 14.9. The van der Waals surface area contributed by atoms with Gasteiger partial charge in [0, 0.05) is 16.3 Å². The number of benzene rings is 3. The van der Waals surface area contributed by atoms with Crippen LogP contribution >= 0.6 is 11.6 Å². The summed E-state index contributed by atoms with van der Waals surface area (Å²) in [4.78, 5) is 17.4. The predicted molar refractivity (Wildman–Crippen MR) is 116 cm³/mol. The van der Waals surface area contributed by atoms with Crippen LogP contribution in [0.3, 0.4) is 0 Å². The first-order chi connectivity index (χ1) is 14.4. The lowest BCUT2D eigenvalue weighted by Crippen LogP contribution is -2.16. The molecule has 7 heteroatoms. The van der Waals surface area contributed by atoms with Crippen molar-refractivity contribution in [3.05, 3.63) is 94.5 Å². The number of halogens is 2. The van der Waals surface area contributed by atoms with Gasteiger partial charge in [0.1, 0.15) is 5.82 Å². The lowest BCUT2D eigenvalue weighted by atomic mass is 10.1. The fourth-order valence-corrected chi connectivity index (χ4v) is 3.26. The Morgan fingerprint density at radius 1 is 0.967 bits per heavy atom. The quantitative estimate of drug-likeness (QED) is 0.467. The number of amides is 1. The zero-order valence-electron chi connectivity index (χ0n) is 16.4. The van der Waals surface area contributed by atoms with Gasteiger partial charge in [0.15, 0.2) is 5.82 Å². The highest BCUT2D eigenvalue weighted by Gasteiger charge is 2.20. The van der Waals surface area contributed by atoms with Crippen molar-refractivity contribution in [2.24, 2.45) is 0 Å². The van der Waals surface area contributed by atoms with Gasteiger partial charge in [-0.15, -0.1) is 5.10 Å². The zero-order valence-corrected chi connectivity index (χ0v) is 17.1. The second kappa shape index (κ2) is 8.08. The van der Waals surface area contributed by atoms with Gasteiger partial charge in [-0.25, -0.2) is 14.1 Å². The molecule has 0 unspecified atom stereocenters. The van der Waals surface area contributed by atoms with Crippen molar-refractivity contribution in [1.82, 2.24) is 14.8 Å². The Morgan fingerprint density at radius 2 is 1.60 bits per heavy atom. The third-order valence-corrected chi connectivity index (χ3v) is 4.96. The molecule has 0 aliphatic carbocycles. The molecule has 4 aromatic rings. The number of aromatic nitrogens is 3. The van der Waals surface area contributed by atoms with E-state index in [-0.39, 0.29) is 11.6 Å². The molecule has 150 valence electrons. The Morgan fingerprint density at radius 3 is 2.23 bits per heavy atom. The number of nitrogens with zero attached hydrogens (tertiary/aromatic N) is 3. The van der Waals surface area contributed by atoms with E-state index in [1.54, 1.807) is 41.1 Å². The van der Waals surface area contributed by atoms with E-state index in [4.69, 9.17) is 11.6 Å². The summed E-state index contributed by atoms with van der Waals surface area (Å²) in [7, 11) is 0. The van der Waals surface area contributed by atoms with E-state index in [0.29, 0.717) is 22.1 Å². The minimum absolute atomic E-state index is 0.00641. The molecule has 4 rings (SSSR count). The number of nitrogens with one attached hydrogen (secondary N) is 1. The maximum atomic E-state index is 13.4. The summed E-state index contributed by atoms with van der Waals surface area (Å²) in [5.41, 5.74) is 3.93. The molecule has 1 N–H and O–H groups in total. The number of rotatable bonds is 4. The minimum atomic E-state index is -0.427. The molecule has 0 atom stereocenters. The molecule has 0 spiro atoms. The van der Waals surface area contributed by atoms with Crippen LogP contribution in [0.25, 0.3) is 17.1 Å². The lowest BCUT2D eigenvalue weighted by molar-refractivity contribution is 0.101. The second-order valence-electron chi connectivity index (χ2n) is 6.88. The molecular weight excluding hydrogens is 403 g/mol. The molecule has 0 aliphatic rings. The molecule has 1 heterocycles. The summed E-state index contributed by atoms with van der Waals surface area (Å²) in [6.07, 6.45) is 0. The van der Waals surface area contributed by atoms with E-state index >= 15 is 0 Å². The van der Waals surface area contributed by atoms with E-state index in [2.05, 4.69) is 15.4 Å². The number of carbonyl (C=O) groups excluding carboxylic acids is 1. The molecule has 30 heavy (non-hydrogen) atoms. The van der Waals surface area contributed by atoms with Crippen LogP contribution in [0, 0.1) is 19.7 Å². The highest BCUT2D eigenvalue weighted by Crippen LogP contribution is 2.24. The normalized spacial score (nSPS) is 10.8. The van der Waals surface area contributed by atoms with Crippen LogP contribution in [0.1, 0.15) is 21.7 Å². The summed E-state index contributed by atoms with van der Waals surface area (Å²) in [6, 6.07) is 18.7. The molecule has 0 radical (unpaired) electrons. The maximum absolute atomic E-state index is 13.4. The maximum Gasteiger partial charge on any atom is 0.295 e. The Bertz CT molecular complexity index is 1130. The molecule has 0 saturated heterocycles. The van der Waals surface area contributed by atoms with E-state index in [9.17, 15) is 9.18 Å². The van der Waals surface area contributed by atoms with Crippen molar-refractivity contribution in [3.8, 4) is 17.1 Å². The van der Waals surface area contributed by atoms with Gasteiger partial charge in [0.2, 0.25) is 5.82 Å². The van der Waals surface area contributed by atoms with Crippen LogP contribution in [0.5, 0.6) is 0 Å². The third-order valence-electron chi connectivity index (χ3n) is 4.70. The predicted octanol–water partition coefficient (Wildman–Crippen LogP) is 5.60. The van der Waals surface area contributed by atoms with E-state index in [0.717, 1.165) is 16.8 Å². The van der Waals surface area contributed by atoms with Crippen molar-refractivity contribution in [2.75, 3.05) is 5.32 Å². The average molecular weight is 421 g/mol. The molecule has 0 bridgehead atoms. The SMILES string of the molecule is Cc1cccc(C)c1NC(=O)c1nc(-c2ccc(F)cc2)n(-c2ccc(Cl)cc2)n1. The van der Waals surface area contributed by atoms with Crippen LogP contribution in [0.15, 0.2) is 66.7 Å². The Balaban J connectivity index is 1.77. The summed E-state index contributed by atoms with van der Waals surface area (Å²) in [5.74, 6) is -0.358. The van der Waals surface area contributed by atoms with Crippen molar-refractivity contribution >= 4 is 23.2 Å². The van der Waals surface area contributed by atoms with Gasteiger partial charge in [0.25, 0.3) is 5.91 Å². The molecule has 5 nitrogen and oxygen atoms in total. The second-order valence-corrected chi connectivity index (χ2v) is 7.31. The number of anilines is 1. The van der Waals surface area contributed by atoms with Crippen molar-refractivity contribution in [3.63, 3.8) is 0 Å². The van der Waals surface area contributed by atoms with Crippen molar-refractivity contribution in [2.45, 2.75) is 13.8 Å². The summed E-state index contributed by atoms with van der Waals surface area (Å²) in [5, 5.41) is 7.90. The largest absolute Gasteiger partial charge is 0.319 e. The highest BCUT2D eigenvalue weighted by molar-refractivity contribution is 6.30. The Labute approximate surface area is 178 Å². The van der Waals surface area contributed by atoms with E-state index < -0.39 is 5.91 Å². The number of carbonyl (C=O) groups is 1. The number of aryl methyl sites for hydroxylation is 2. The van der Waals surface area contributed by atoms with Crippen LogP contribution < -0.4 is 5.32 Å². The van der Waals surface area contributed by atoms with E-state index in [1.807, 2.05) is 32.0 Å². The zero-order chi connectivity index (χ0) is 21.3. The van der Waals surface area contributed by atoms with E-state index in [1.165, 1.54) is 12.1 Å². The number of hydrogen-bond donors (Lipinski definition) is 1. The van der Waals surface area contributed by atoms with Gasteiger partial charge < -0.3 is 5.32 Å². The summed E-state index contributed by atoms with van der Waals surface area (Å²) in [6.45, 7) is 3.85. The first-order valence-electron chi connectivity index (χ1n) is 9.29. The topological polar surface area (TPSA) is 59.8 Å². The lowest BCUT2D eigenvalue weighted by Gasteiger charge is -2.09. The van der Waals surface area contributed by atoms with Gasteiger partial charge in [-0.3, -0.25) is 4.79 Å². The van der Waals surface area contributed by atoms with Crippen LogP contribution in [-0.4, -0.2) is 20.7 Å². The van der Waals surface area contributed by atoms with Crippen LogP contribution in [-0.2, 0) is 0 Å². The highest BCUT2D eigenvalue weighted by atomic mass is 35.5. The summed E-state index contributed by atoms with van der Waals surface area (Å²) >= 11 is 6.00. The van der Waals surface area contributed by atoms with Crippen molar-refractivity contribution < 1.29 is 9.18 Å². The minimum Gasteiger partial charge on any atom is -0.319 e. The average Bonchev–Trinajstić information content (AvgIpc) is 3.17. The fourth-order valence-electron chi connectivity index (χ4n) is 3.14. The fraction of sp³-hybridized carbons (Fsp3) is 0.0870. The van der Waals surface area contributed by atoms with Crippen LogP contribution in [0.4, 0.5) is 10.1 Å². The standard InChI is InChI=1S/C23H18ClFN4O/c1-14-4-3-5-15(2)20(14)26-23(30)21-27-22(16-6-10-18(25)11-7-16)29(28-21)19-12-8-17(24)9-13-19/h3-13H,1-2H3,(H,26,30). The third kappa shape index (κ3) is 3.95.